The summed E-state index contributed by atoms with van der Waals surface area (Å²) in [7, 11) is 0. The van der Waals surface area contributed by atoms with E-state index >= 15 is 0 Å². The smallest absolute Gasteiger partial charge is 0.229 e. The summed E-state index contributed by atoms with van der Waals surface area (Å²) in [5, 5.41) is 12.6. The number of amides is 2. The van der Waals surface area contributed by atoms with Gasteiger partial charge in [-0.2, -0.15) is 5.26 Å². The van der Waals surface area contributed by atoms with E-state index in [9.17, 15) is 14.9 Å². The minimum atomic E-state index is -0.494. The number of rotatable bonds is 3. The van der Waals surface area contributed by atoms with E-state index in [-0.39, 0.29) is 24.8 Å². The van der Waals surface area contributed by atoms with Crippen LogP contribution in [0.4, 0.5) is 11.4 Å². The van der Waals surface area contributed by atoms with Crippen LogP contribution >= 0.6 is 11.6 Å². The maximum atomic E-state index is 12.7. The molecule has 0 saturated carbocycles. The quantitative estimate of drug-likeness (QED) is 0.896. The lowest BCUT2D eigenvalue weighted by Crippen LogP contribution is -2.28. The van der Waals surface area contributed by atoms with Gasteiger partial charge in [0.2, 0.25) is 11.8 Å². The van der Waals surface area contributed by atoms with Crippen LogP contribution in [-0.2, 0) is 9.59 Å². The van der Waals surface area contributed by atoms with Crippen molar-refractivity contribution in [1.82, 2.24) is 0 Å². The normalized spacial score (nSPS) is 16.5. The van der Waals surface area contributed by atoms with E-state index in [1.165, 1.54) is 4.90 Å². The maximum Gasteiger partial charge on any atom is 0.229 e. The van der Waals surface area contributed by atoms with Gasteiger partial charge in [0.15, 0.2) is 0 Å². The Morgan fingerprint density at radius 1 is 1.31 bits per heavy atom. The van der Waals surface area contributed by atoms with Crippen LogP contribution < -0.4 is 10.2 Å². The Balaban J connectivity index is 1.79. The number of benzene rings is 2. The average molecular weight is 368 g/mol. The van der Waals surface area contributed by atoms with E-state index in [0.29, 0.717) is 22.0 Å². The molecule has 2 aromatic rings. The Morgan fingerprint density at radius 3 is 2.73 bits per heavy atom. The Bertz CT molecular complexity index is 910. The zero-order valence-corrected chi connectivity index (χ0v) is 15.3. The standard InChI is InChI=1S/C20H18ClN3O2/c1-12-7-13(2)19(16(21)8-12)23-20(26)15-9-18(25)24(11-15)17-6-4-3-5-14(17)10-22/h3-8,15H,9,11H2,1-2H3,(H,23,26). The Hall–Kier alpha value is -2.84. The van der Waals surface area contributed by atoms with Gasteiger partial charge < -0.3 is 10.2 Å². The molecule has 1 fully saturated rings. The summed E-state index contributed by atoms with van der Waals surface area (Å²) >= 11 is 6.25. The Kier molecular flexibility index (Phi) is 4.97. The third-order valence-corrected chi connectivity index (χ3v) is 4.79. The molecule has 1 atom stereocenters. The van der Waals surface area contributed by atoms with Crippen molar-refractivity contribution in [1.29, 1.82) is 5.26 Å². The number of carbonyl (C=O) groups is 2. The predicted molar refractivity (Wildman–Crippen MR) is 101 cm³/mol. The van der Waals surface area contributed by atoms with Gasteiger partial charge in [-0.05, 0) is 43.2 Å². The lowest BCUT2D eigenvalue weighted by molar-refractivity contribution is -0.122. The summed E-state index contributed by atoms with van der Waals surface area (Å²) in [5.74, 6) is -0.908. The fraction of sp³-hybridized carbons (Fsp3) is 0.250. The molecule has 1 saturated heterocycles. The van der Waals surface area contributed by atoms with Crippen molar-refractivity contribution in [2.45, 2.75) is 20.3 Å². The molecule has 0 aliphatic carbocycles. The summed E-state index contributed by atoms with van der Waals surface area (Å²) < 4.78 is 0. The first-order valence-corrected chi connectivity index (χ1v) is 8.65. The number of nitriles is 1. The van der Waals surface area contributed by atoms with Gasteiger partial charge in [-0.25, -0.2) is 0 Å². The molecule has 0 radical (unpaired) electrons. The molecule has 1 aliphatic rings. The molecule has 1 unspecified atom stereocenters. The monoisotopic (exact) mass is 367 g/mol. The molecule has 0 bridgehead atoms. The number of anilines is 2. The van der Waals surface area contributed by atoms with E-state index in [0.717, 1.165) is 11.1 Å². The number of aryl methyl sites for hydroxylation is 2. The SMILES string of the molecule is Cc1cc(C)c(NC(=O)C2CC(=O)N(c3ccccc3C#N)C2)c(Cl)c1. The molecular weight excluding hydrogens is 350 g/mol. The molecule has 5 nitrogen and oxygen atoms in total. The van der Waals surface area contributed by atoms with E-state index < -0.39 is 5.92 Å². The van der Waals surface area contributed by atoms with E-state index in [1.807, 2.05) is 19.9 Å². The molecule has 6 heteroatoms. The van der Waals surface area contributed by atoms with Gasteiger partial charge in [-0.1, -0.05) is 29.8 Å². The van der Waals surface area contributed by atoms with Gasteiger partial charge in [0.25, 0.3) is 0 Å². The van der Waals surface area contributed by atoms with Gasteiger partial charge in [-0.15, -0.1) is 0 Å². The highest BCUT2D eigenvalue weighted by Gasteiger charge is 2.36. The van der Waals surface area contributed by atoms with Crippen LogP contribution in [0.5, 0.6) is 0 Å². The van der Waals surface area contributed by atoms with Crippen molar-refractivity contribution < 1.29 is 9.59 Å². The highest BCUT2D eigenvalue weighted by Crippen LogP contribution is 2.31. The van der Waals surface area contributed by atoms with Crippen molar-refractivity contribution in [3.05, 3.63) is 58.1 Å². The summed E-state index contributed by atoms with van der Waals surface area (Å²) in [6.07, 6.45) is 0.105. The first kappa shape index (κ1) is 18.0. The molecule has 0 aromatic heterocycles. The van der Waals surface area contributed by atoms with Crippen LogP contribution in [0.1, 0.15) is 23.1 Å². The minimum Gasteiger partial charge on any atom is -0.324 e. The molecular formula is C20H18ClN3O2. The highest BCUT2D eigenvalue weighted by molar-refractivity contribution is 6.34. The van der Waals surface area contributed by atoms with E-state index in [1.54, 1.807) is 30.3 Å². The fourth-order valence-corrected chi connectivity index (χ4v) is 3.59. The largest absolute Gasteiger partial charge is 0.324 e. The molecule has 1 aliphatic heterocycles. The minimum absolute atomic E-state index is 0.105. The number of carbonyl (C=O) groups excluding carboxylic acids is 2. The number of halogens is 1. The molecule has 0 spiro atoms. The van der Waals surface area contributed by atoms with Gasteiger partial charge in [0, 0.05) is 13.0 Å². The molecule has 26 heavy (non-hydrogen) atoms. The number of hydrogen-bond acceptors (Lipinski definition) is 3. The van der Waals surface area contributed by atoms with Crippen molar-refractivity contribution in [2.75, 3.05) is 16.8 Å². The second-order valence-corrected chi connectivity index (χ2v) is 6.87. The third-order valence-electron chi connectivity index (χ3n) is 4.49. The first-order chi connectivity index (χ1) is 12.4. The second kappa shape index (κ2) is 7.19. The van der Waals surface area contributed by atoms with Crippen LogP contribution in [-0.4, -0.2) is 18.4 Å². The topological polar surface area (TPSA) is 73.2 Å². The van der Waals surface area contributed by atoms with Crippen LogP contribution in [0.15, 0.2) is 36.4 Å². The number of para-hydroxylation sites is 1. The van der Waals surface area contributed by atoms with Crippen molar-refractivity contribution in [3.63, 3.8) is 0 Å². The van der Waals surface area contributed by atoms with Gasteiger partial charge in [-0.3, -0.25) is 9.59 Å². The zero-order valence-electron chi connectivity index (χ0n) is 14.5. The molecule has 3 rings (SSSR count). The van der Waals surface area contributed by atoms with Crippen LogP contribution in [0.3, 0.4) is 0 Å². The molecule has 132 valence electrons. The van der Waals surface area contributed by atoms with Crippen molar-refractivity contribution >= 4 is 34.8 Å². The summed E-state index contributed by atoms with van der Waals surface area (Å²) in [6, 6.07) is 12.7. The first-order valence-electron chi connectivity index (χ1n) is 8.28. The van der Waals surface area contributed by atoms with E-state index in [4.69, 9.17) is 11.6 Å². The maximum absolute atomic E-state index is 12.7. The highest BCUT2D eigenvalue weighted by atomic mass is 35.5. The Morgan fingerprint density at radius 2 is 2.04 bits per heavy atom. The Labute approximate surface area is 157 Å². The molecule has 2 amide bonds. The van der Waals surface area contributed by atoms with E-state index in [2.05, 4.69) is 11.4 Å². The summed E-state index contributed by atoms with van der Waals surface area (Å²) in [4.78, 5) is 26.6. The fourth-order valence-electron chi connectivity index (χ4n) is 3.22. The van der Waals surface area contributed by atoms with Crippen LogP contribution in [0.25, 0.3) is 0 Å². The molecule has 2 aromatic carbocycles. The van der Waals surface area contributed by atoms with Crippen LogP contribution in [0, 0.1) is 31.1 Å². The summed E-state index contributed by atoms with van der Waals surface area (Å²) in [6.45, 7) is 4.06. The van der Waals surface area contributed by atoms with Gasteiger partial charge in [0.1, 0.15) is 6.07 Å². The predicted octanol–water partition coefficient (Wildman–Crippen LogP) is 3.82. The van der Waals surface area contributed by atoms with Crippen molar-refractivity contribution in [2.24, 2.45) is 5.92 Å². The van der Waals surface area contributed by atoms with Gasteiger partial charge in [0.05, 0.1) is 27.9 Å². The number of hydrogen-bond donors (Lipinski definition) is 1. The summed E-state index contributed by atoms with van der Waals surface area (Å²) in [5.41, 5.74) is 3.42. The van der Waals surface area contributed by atoms with Crippen LogP contribution in [0.2, 0.25) is 5.02 Å². The lowest BCUT2D eigenvalue weighted by atomic mass is 10.1. The lowest BCUT2D eigenvalue weighted by Gasteiger charge is -2.18. The number of nitrogens with one attached hydrogen (secondary N) is 1. The van der Waals surface area contributed by atoms with Crippen molar-refractivity contribution in [3.8, 4) is 6.07 Å². The number of nitrogens with zero attached hydrogens (tertiary/aromatic N) is 2. The molecule has 1 N–H and O–H groups in total. The zero-order chi connectivity index (χ0) is 18.8. The second-order valence-electron chi connectivity index (χ2n) is 6.46. The average Bonchev–Trinajstić information content (AvgIpc) is 2.99. The third kappa shape index (κ3) is 3.42. The molecule has 1 heterocycles. The van der Waals surface area contributed by atoms with Gasteiger partial charge >= 0.3 is 0 Å².